The molecule has 5 nitrogen and oxygen atoms in total. The molecule has 0 aliphatic heterocycles. The van der Waals surface area contributed by atoms with Crippen LogP contribution in [-0.4, -0.2) is 18.5 Å². The van der Waals surface area contributed by atoms with Crippen LogP contribution in [0.1, 0.15) is 20.8 Å². The zero-order chi connectivity index (χ0) is 14.3. The molecule has 0 heterocycles. The van der Waals surface area contributed by atoms with Crippen molar-refractivity contribution >= 4 is 23.3 Å². The third kappa shape index (κ3) is 5.72. The molecule has 1 amide bonds. The Morgan fingerprint density at radius 2 is 1.63 bits per heavy atom. The van der Waals surface area contributed by atoms with Crippen molar-refractivity contribution in [1.82, 2.24) is 0 Å². The fraction of sp³-hybridized carbons (Fsp3) is 0.286. The van der Waals surface area contributed by atoms with E-state index < -0.39 is 0 Å². The van der Waals surface area contributed by atoms with Gasteiger partial charge in [0, 0.05) is 30.1 Å². The van der Waals surface area contributed by atoms with E-state index in [2.05, 4.69) is 10.6 Å². The average Bonchev–Trinajstić information content (AvgIpc) is 2.31. The van der Waals surface area contributed by atoms with Crippen LogP contribution in [-0.2, 0) is 14.3 Å². The van der Waals surface area contributed by atoms with Gasteiger partial charge >= 0.3 is 5.97 Å². The van der Waals surface area contributed by atoms with Crippen molar-refractivity contribution in [2.24, 2.45) is 0 Å². The predicted molar refractivity (Wildman–Crippen MR) is 74.8 cm³/mol. The molecule has 0 saturated carbocycles. The summed E-state index contributed by atoms with van der Waals surface area (Å²) < 4.78 is 4.81. The summed E-state index contributed by atoms with van der Waals surface area (Å²) in [7, 11) is 0. The number of ether oxygens (including phenoxy) is 1. The third-order valence-corrected chi connectivity index (χ3v) is 2.17. The van der Waals surface area contributed by atoms with E-state index in [0.29, 0.717) is 12.3 Å². The van der Waals surface area contributed by atoms with Crippen LogP contribution in [0.25, 0.3) is 0 Å². The Morgan fingerprint density at radius 1 is 1.11 bits per heavy atom. The van der Waals surface area contributed by atoms with E-state index in [0.717, 1.165) is 11.4 Å². The zero-order valence-electron chi connectivity index (χ0n) is 11.3. The van der Waals surface area contributed by atoms with Crippen LogP contribution in [0.4, 0.5) is 11.4 Å². The molecule has 5 heteroatoms. The number of hydrogen-bond donors (Lipinski definition) is 2. The number of anilines is 2. The molecule has 0 aliphatic rings. The third-order valence-electron chi connectivity index (χ3n) is 2.17. The average molecular weight is 262 g/mol. The highest BCUT2D eigenvalue weighted by molar-refractivity contribution is 5.88. The normalized spacial score (nSPS) is 10.8. The molecule has 1 rings (SSSR count). The van der Waals surface area contributed by atoms with Crippen molar-refractivity contribution in [3.63, 3.8) is 0 Å². The van der Waals surface area contributed by atoms with Crippen LogP contribution in [0.15, 0.2) is 36.0 Å². The first kappa shape index (κ1) is 14.8. The lowest BCUT2D eigenvalue weighted by molar-refractivity contribution is -0.137. The van der Waals surface area contributed by atoms with E-state index in [1.54, 1.807) is 26.0 Å². The van der Waals surface area contributed by atoms with Crippen molar-refractivity contribution in [3.8, 4) is 0 Å². The van der Waals surface area contributed by atoms with E-state index in [9.17, 15) is 9.59 Å². The van der Waals surface area contributed by atoms with Gasteiger partial charge in [-0.15, -0.1) is 0 Å². The minimum atomic E-state index is -0.373. The summed E-state index contributed by atoms with van der Waals surface area (Å²) in [6, 6.07) is 7.18. The number of amides is 1. The van der Waals surface area contributed by atoms with E-state index in [1.165, 1.54) is 13.0 Å². The second-order valence-electron chi connectivity index (χ2n) is 3.96. The number of benzene rings is 1. The first-order chi connectivity index (χ1) is 9.01. The van der Waals surface area contributed by atoms with Crippen molar-refractivity contribution in [2.75, 3.05) is 17.2 Å². The molecule has 19 heavy (non-hydrogen) atoms. The summed E-state index contributed by atoms with van der Waals surface area (Å²) in [5, 5.41) is 5.74. The molecule has 0 aliphatic carbocycles. The molecule has 0 fully saturated rings. The van der Waals surface area contributed by atoms with Gasteiger partial charge in [0.25, 0.3) is 0 Å². The highest BCUT2D eigenvalue weighted by Gasteiger charge is 2.00. The van der Waals surface area contributed by atoms with Crippen molar-refractivity contribution in [2.45, 2.75) is 20.8 Å². The van der Waals surface area contributed by atoms with Gasteiger partial charge in [0.2, 0.25) is 5.91 Å². The van der Waals surface area contributed by atoms with E-state index >= 15 is 0 Å². The molecule has 1 aromatic carbocycles. The molecule has 0 atom stereocenters. The molecular formula is C14H18N2O3. The van der Waals surface area contributed by atoms with Gasteiger partial charge in [-0.2, -0.15) is 0 Å². The first-order valence-corrected chi connectivity index (χ1v) is 6.01. The second-order valence-corrected chi connectivity index (χ2v) is 3.96. The maximum absolute atomic E-state index is 11.2. The Morgan fingerprint density at radius 3 is 2.11 bits per heavy atom. The van der Waals surface area contributed by atoms with Gasteiger partial charge in [0.05, 0.1) is 6.61 Å². The van der Waals surface area contributed by atoms with Crippen LogP contribution in [0.5, 0.6) is 0 Å². The molecule has 1 aromatic rings. The number of carbonyl (C=O) groups excluding carboxylic acids is 2. The molecule has 0 saturated heterocycles. The quantitative estimate of drug-likeness (QED) is 0.632. The summed E-state index contributed by atoms with van der Waals surface area (Å²) in [6.07, 6.45) is 1.39. The number of nitrogens with one attached hydrogen (secondary N) is 2. The fourth-order valence-corrected chi connectivity index (χ4v) is 1.46. The molecule has 0 bridgehead atoms. The molecule has 0 unspecified atom stereocenters. The molecule has 0 aromatic heterocycles. The zero-order valence-corrected chi connectivity index (χ0v) is 11.3. The van der Waals surface area contributed by atoms with Gasteiger partial charge < -0.3 is 15.4 Å². The largest absolute Gasteiger partial charge is 0.463 e. The number of carbonyl (C=O) groups is 2. The standard InChI is InChI=1S/C14H18N2O3/c1-4-19-14(18)9-10(2)15-12-5-7-13(8-6-12)16-11(3)17/h5-9,15H,4H2,1-3H3,(H,16,17)/b10-9+. The van der Waals surface area contributed by atoms with Crippen LogP contribution in [0.3, 0.4) is 0 Å². The number of hydrogen-bond acceptors (Lipinski definition) is 4. The minimum absolute atomic E-state index is 0.112. The Hall–Kier alpha value is -2.30. The Kier molecular flexibility index (Phi) is 5.60. The van der Waals surface area contributed by atoms with Crippen LogP contribution < -0.4 is 10.6 Å². The molecule has 0 radical (unpaired) electrons. The van der Waals surface area contributed by atoms with Crippen molar-refractivity contribution in [3.05, 3.63) is 36.0 Å². The highest BCUT2D eigenvalue weighted by atomic mass is 16.5. The summed E-state index contributed by atoms with van der Waals surface area (Å²) in [4.78, 5) is 22.1. The fourth-order valence-electron chi connectivity index (χ4n) is 1.46. The Labute approximate surface area is 112 Å². The minimum Gasteiger partial charge on any atom is -0.463 e. The second kappa shape index (κ2) is 7.20. The van der Waals surface area contributed by atoms with Gasteiger partial charge in [0.1, 0.15) is 0 Å². The van der Waals surface area contributed by atoms with E-state index in [1.807, 2.05) is 12.1 Å². The maximum atomic E-state index is 11.2. The molecule has 0 spiro atoms. The monoisotopic (exact) mass is 262 g/mol. The van der Waals surface area contributed by atoms with E-state index in [-0.39, 0.29) is 11.9 Å². The number of esters is 1. The lowest BCUT2D eigenvalue weighted by atomic mass is 10.2. The van der Waals surface area contributed by atoms with Gasteiger partial charge in [-0.3, -0.25) is 4.79 Å². The lowest BCUT2D eigenvalue weighted by Crippen LogP contribution is -2.06. The van der Waals surface area contributed by atoms with Crippen molar-refractivity contribution < 1.29 is 14.3 Å². The summed E-state index contributed by atoms with van der Waals surface area (Å²) in [5.41, 5.74) is 2.24. The van der Waals surface area contributed by atoms with Gasteiger partial charge in [0.15, 0.2) is 0 Å². The topological polar surface area (TPSA) is 67.4 Å². The van der Waals surface area contributed by atoms with Gasteiger partial charge in [-0.1, -0.05) is 0 Å². The van der Waals surface area contributed by atoms with Gasteiger partial charge in [-0.25, -0.2) is 4.79 Å². The predicted octanol–water partition coefficient (Wildman–Crippen LogP) is 2.52. The summed E-state index contributed by atoms with van der Waals surface area (Å²) in [5.74, 6) is -0.485. The number of rotatable bonds is 5. The lowest BCUT2D eigenvalue weighted by Gasteiger charge is -2.08. The van der Waals surface area contributed by atoms with E-state index in [4.69, 9.17) is 4.74 Å². The van der Waals surface area contributed by atoms with Crippen molar-refractivity contribution in [1.29, 1.82) is 0 Å². The summed E-state index contributed by atoms with van der Waals surface area (Å²) in [6.45, 7) is 5.35. The molecule has 2 N–H and O–H groups in total. The highest BCUT2D eigenvalue weighted by Crippen LogP contribution is 2.15. The Balaban J connectivity index is 2.62. The smallest absolute Gasteiger partial charge is 0.332 e. The SMILES string of the molecule is CCOC(=O)/C=C(\C)Nc1ccc(NC(C)=O)cc1. The molecule has 102 valence electrons. The summed E-state index contributed by atoms with van der Waals surface area (Å²) >= 11 is 0. The van der Waals surface area contributed by atoms with Gasteiger partial charge in [-0.05, 0) is 38.1 Å². The van der Waals surface area contributed by atoms with Crippen LogP contribution in [0, 0.1) is 0 Å². The molecular weight excluding hydrogens is 244 g/mol. The van der Waals surface area contributed by atoms with Crippen LogP contribution in [0.2, 0.25) is 0 Å². The number of allylic oxidation sites excluding steroid dienone is 1. The van der Waals surface area contributed by atoms with Crippen LogP contribution >= 0.6 is 0 Å². The Bertz CT molecular complexity index is 478. The maximum Gasteiger partial charge on any atom is 0.332 e. The first-order valence-electron chi connectivity index (χ1n) is 6.01.